The molecule has 0 bridgehead atoms. The maximum absolute atomic E-state index is 13.1. The zero-order valence-corrected chi connectivity index (χ0v) is 15.7. The number of rotatable bonds is 4. The highest BCUT2D eigenvalue weighted by molar-refractivity contribution is 6.33. The smallest absolute Gasteiger partial charge is 0.255 e. The molecule has 6 nitrogen and oxygen atoms in total. The van der Waals surface area contributed by atoms with Crippen molar-refractivity contribution in [2.75, 3.05) is 33.3 Å². The molecular weight excluding hydrogens is 352 g/mol. The number of ether oxygens (including phenoxy) is 1. The summed E-state index contributed by atoms with van der Waals surface area (Å²) in [6, 6.07) is 7.35. The summed E-state index contributed by atoms with van der Waals surface area (Å²) in [5, 5.41) is 4.95. The Bertz CT molecular complexity index is 801. The van der Waals surface area contributed by atoms with Gasteiger partial charge in [0.2, 0.25) is 0 Å². The van der Waals surface area contributed by atoms with Crippen LogP contribution in [0.15, 0.2) is 30.5 Å². The highest BCUT2D eigenvalue weighted by Gasteiger charge is 2.31. The van der Waals surface area contributed by atoms with Crippen LogP contribution in [-0.4, -0.2) is 58.8 Å². The zero-order chi connectivity index (χ0) is 18.1. The Morgan fingerprint density at radius 2 is 2.12 bits per heavy atom. The van der Waals surface area contributed by atoms with Gasteiger partial charge in [0.05, 0.1) is 36.0 Å². The Morgan fingerprint density at radius 3 is 2.88 bits per heavy atom. The highest BCUT2D eigenvalue weighted by atomic mass is 35.5. The van der Waals surface area contributed by atoms with Gasteiger partial charge < -0.3 is 14.5 Å². The number of aromatic nitrogens is 2. The maximum atomic E-state index is 13.1. The number of benzene rings is 1. The molecule has 0 aliphatic carbocycles. The summed E-state index contributed by atoms with van der Waals surface area (Å²) in [6.45, 7) is 4.36. The molecule has 0 radical (unpaired) electrons. The van der Waals surface area contributed by atoms with Crippen LogP contribution < -0.4 is 4.74 Å². The predicted molar refractivity (Wildman–Crippen MR) is 99.7 cm³/mol. The molecule has 3 heterocycles. The van der Waals surface area contributed by atoms with Crippen molar-refractivity contribution in [3.8, 4) is 5.75 Å². The van der Waals surface area contributed by atoms with Crippen molar-refractivity contribution in [1.29, 1.82) is 0 Å². The van der Waals surface area contributed by atoms with Crippen molar-refractivity contribution < 1.29 is 9.53 Å². The lowest BCUT2D eigenvalue weighted by atomic mass is 10.1. The second-order valence-corrected chi connectivity index (χ2v) is 7.37. The summed E-state index contributed by atoms with van der Waals surface area (Å²) in [4.78, 5) is 17.5. The number of methoxy groups -OCH3 is 1. The number of carbonyl (C=O) groups excluding carboxylic acids is 1. The number of carbonyl (C=O) groups is 1. The molecule has 1 atom stereocenters. The minimum absolute atomic E-state index is 0.0622. The van der Waals surface area contributed by atoms with Crippen LogP contribution in [0.1, 0.15) is 34.9 Å². The van der Waals surface area contributed by atoms with E-state index < -0.39 is 0 Å². The molecule has 1 aromatic carbocycles. The Hall–Kier alpha value is -2.05. The second-order valence-electron chi connectivity index (χ2n) is 6.96. The largest absolute Gasteiger partial charge is 0.497 e. The van der Waals surface area contributed by atoms with Crippen molar-refractivity contribution in [3.63, 3.8) is 0 Å². The van der Waals surface area contributed by atoms with E-state index in [2.05, 4.69) is 14.7 Å². The summed E-state index contributed by atoms with van der Waals surface area (Å²) in [5.41, 5.74) is 1.55. The Morgan fingerprint density at radius 1 is 1.31 bits per heavy atom. The zero-order valence-electron chi connectivity index (χ0n) is 14.9. The van der Waals surface area contributed by atoms with Gasteiger partial charge in [0.15, 0.2) is 0 Å². The van der Waals surface area contributed by atoms with E-state index in [9.17, 15) is 4.79 Å². The van der Waals surface area contributed by atoms with E-state index in [0.29, 0.717) is 29.4 Å². The molecule has 138 valence electrons. The molecule has 2 aliphatic rings. The minimum Gasteiger partial charge on any atom is -0.497 e. The van der Waals surface area contributed by atoms with Gasteiger partial charge in [-0.3, -0.25) is 9.48 Å². The van der Waals surface area contributed by atoms with Crippen LogP contribution in [0.25, 0.3) is 0 Å². The van der Waals surface area contributed by atoms with Gasteiger partial charge >= 0.3 is 0 Å². The van der Waals surface area contributed by atoms with Crippen molar-refractivity contribution in [2.45, 2.75) is 25.4 Å². The number of hydrogen-bond acceptors (Lipinski definition) is 4. The highest BCUT2D eigenvalue weighted by Crippen LogP contribution is 2.28. The molecule has 0 spiro atoms. The molecule has 1 fully saturated rings. The van der Waals surface area contributed by atoms with E-state index in [-0.39, 0.29) is 11.9 Å². The Labute approximate surface area is 158 Å². The van der Waals surface area contributed by atoms with Crippen LogP contribution in [0.5, 0.6) is 5.75 Å². The average Bonchev–Trinajstić information content (AvgIpc) is 3.33. The SMILES string of the molecule is COc1ccc(Cl)c(C(=O)N2Cc3ccnn3C(CN3CCCC3)C2)c1. The van der Waals surface area contributed by atoms with Crippen molar-refractivity contribution in [2.24, 2.45) is 0 Å². The molecule has 1 aromatic heterocycles. The molecule has 4 rings (SSSR count). The van der Waals surface area contributed by atoms with Crippen LogP contribution in [-0.2, 0) is 6.54 Å². The van der Waals surface area contributed by atoms with E-state index in [1.165, 1.54) is 12.8 Å². The number of halogens is 1. The number of nitrogens with zero attached hydrogens (tertiary/aromatic N) is 4. The number of likely N-dealkylation sites (tertiary alicyclic amines) is 1. The van der Waals surface area contributed by atoms with Gasteiger partial charge in [-0.2, -0.15) is 5.10 Å². The summed E-state index contributed by atoms with van der Waals surface area (Å²) in [6.07, 6.45) is 4.32. The predicted octanol–water partition coefficient (Wildman–Crippen LogP) is 2.84. The number of amides is 1. The molecule has 2 aromatic rings. The number of fused-ring (bicyclic) bond motifs is 1. The third kappa shape index (κ3) is 3.31. The van der Waals surface area contributed by atoms with Crippen LogP contribution in [0.2, 0.25) is 5.02 Å². The van der Waals surface area contributed by atoms with Gasteiger partial charge in [0, 0.05) is 19.3 Å². The first-order chi connectivity index (χ1) is 12.7. The monoisotopic (exact) mass is 374 g/mol. The molecule has 7 heteroatoms. The first-order valence-electron chi connectivity index (χ1n) is 9.03. The van der Waals surface area contributed by atoms with Gasteiger partial charge in [-0.25, -0.2) is 0 Å². The van der Waals surface area contributed by atoms with E-state index in [1.807, 2.05) is 17.2 Å². The quantitative estimate of drug-likeness (QED) is 0.825. The third-order valence-electron chi connectivity index (χ3n) is 5.24. The molecule has 26 heavy (non-hydrogen) atoms. The molecule has 1 saturated heterocycles. The van der Waals surface area contributed by atoms with Crippen molar-refractivity contribution >= 4 is 17.5 Å². The summed E-state index contributed by atoms with van der Waals surface area (Å²) < 4.78 is 7.33. The Balaban J connectivity index is 1.58. The Kier molecular flexibility index (Phi) is 4.87. The summed E-state index contributed by atoms with van der Waals surface area (Å²) in [7, 11) is 1.59. The molecule has 1 amide bonds. The van der Waals surface area contributed by atoms with E-state index in [4.69, 9.17) is 16.3 Å². The fourth-order valence-electron chi connectivity index (χ4n) is 3.91. The molecule has 0 N–H and O–H groups in total. The van der Waals surface area contributed by atoms with Gasteiger partial charge in [-0.1, -0.05) is 11.6 Å². The van der Waals surface area contributed by atoms with Crippen molar-refractivity contribution in [3.05, 3.63) is 46.7 Å². The van der Waals surface area contributed by atoms with Crippen LogP contribution in [0.4, 0.5) is 0 Å². The van der Waals surface area contributed by atoms with E-state index in [0.717, 1.165) is 25.3 Å². The van der Waals surface area contributed by atoms with Crippen LogP contribution in [0, 0.1) is 0 Å². The van der Waals surface area contributed by atoms with Crippen molar-refractivity contribution in [1.82, 2.24) is 19.6 Å². The lowest BCUT2D eigenvalue weighted by Crippen LogP contribution is -2.45. The molecule has 1 unspecified atom stereocenters. The second kappa shape index (κ2) is 7.29. The lowest BCUT2D eigenvalue weighted by Gasteiger charge is -2.36. The van der Waals surface area contributed by atoms with Gasteiger partial charge in [-0.05, 0) is 50.2 Å². The van der Waals surface area contributed by atoms with Gasteiger partial charge in [-0.15, -0.1) is 0 Å². The van der Waals surface area contributed by atoms with Crippen LogP contribution >= 0.6 is 11.6 Å². The molecule has 2 aliphatic heterocycles. The molecule has 0 saturated carbocycles. The lowest BCUT2D eigenvalue weighted by molar-refractivity contribution is 0.0646. The number of hydrogen-bond donors (Lipinski definition) is 0. The maximum Gasteiger partial charge on any atom is 0.255 e. The fraction of sp³-hybridized carbons (Fsp3) is 0.474. The standard InChI is InChI=1S/C19H23ClN4O2/c1-26-16-4-5-18(20)17(10-16)19(25)23-12-14-6-7-21-24(14)15(13-23)11-22-8-2-3-9-22/h4-7,10,15H,2-3,8-9,11-13H2,1H3. The fourth-order valence-corrected chi connectivity index (χ4v) is 4.10. The first-order valence-corrected chi connectivity index (χ1v) is 9.41. The minimum atomic E-state index is -0.0622. The van der Waals surface area contributed by atoms with E-state index >= 15 is 0 Å². The first kappa shape index (κ1) is 17.4. The normalized spacial score (nSPS) is 20.2. The van der Waals surface area contributed by atoms with Crippen LogP contribution in [0.3, 0.4) is 0 Å². The van der Waals surface area contributed by atoms with E-state index in [1.54, 1.807) is 25.3 Å². The topological polar surface area (TPSA) is 50.6 Å². The average molecular weight is 375 g/mol. The summed E-state index contributed by atoms with van der Waals surface area (Å²) in [5.74, 6) is 0.571. The van der Waals surface area contributed by atoms with Gasteiger partial charge in [0.25, 0.3) is 5.91 Å². The van der Waals surface area contributed by atoms with Gasteiger partial charge in [0.1, 0.15) is 5.75 Å². The summed E-state index contributed by atoms with van der Waals surface area (Å²) >= 11 is 6.29. The third-order valence-corrected chi connectivity index (χ3v) is 5.57. The molecular formula is C19H23ClN4O2.